The van der Waals surface area contributed by atoms with Gasteiger partial charge in [-0.3, -0.25) is 9.36 Å². The van der Waals surface area contributed by atoms with Crippen LogP contribution in [0.25, 0.3) is 28.2 Å². The molecule has 0 N–H and O–H groups in total. The van der Waals surface area contributed by atoms with E-state index in [2.05, 4.69) is 21.9 Å². The van der Waals surface area contributed by atoms with Crippen LogP contribution < -0.4 is 5.56 Å². The Labute approximate surface area is 176 Å². The summed E-state index contributed by atoms with van der Waals surface area (Å²) in [5.74, 6) is 7.31. The maximum absolute atomic E-state index is 12.3. The summed E-state index contributed by atoms with van der Waals surface area (Å²) >= 11 is 1.46. The van der Waals surface area contributed by atoms with Crippen molar-refractivity contribution < 1.29 is 0 Å². The van der Waals surface area contributed by atoms with Gasteiger partial charge < -0.3 is 0 Å². The molecular weight excluding hydrogens is 394 g/mol. The van der Waals surface area contributed by atoms with Crippen molar-refractivity contribution in [3.05, 3.63) is 93.7 Å². The van der Waals surface area contributed by atoms with Gasteiger partial charge in [-0.05, 0) is 24.1 Å². The largest absolute Gasteiger partial charge is 0.275 e. The molecule has 2 aromatic carbocycles. The molecule has 0 aliphatic carbocycles. The van der Waals surface area contributed by atoms with E-state index >= 15 is 0 Å². The van der Waals surface area contributed by atoms with Gasteiger partial charge in [0.05, 0.1) is 11.0 Å². The Balaban J connectivity index is 1.63. The van der Waals surface area contributed by atoms with Crippen molar-refractivity contribution in [2.24, 2.45) is 0 Å². The second-order valence-electron chi connectivity index (χ2n) is 6.45. The van der Waals surface area contributed by atoms with Crippen LogP contribution >= 0.6 is 11.3 Å². The summed E-state index contributed by atoms with van der Waals surface area (Å²) in [5, 5.41) is 7.16. The van der Waals surface area contributed by atoms with E-state index in [0.29, 0.717) is 10.8 Å². The number of nitrogens with zero attached hydrogens (tertiary/aromatic N) is 5. The van der Waals surface area contributed by atoms with Crippen LogP contribution in [0.3, 0.4) is 0 Å². The van der Waals surface area contributed by atoms with Crippen LogP contribution in [-0.4, -0.2) is 24.3 Å². The van der Waals surface area contributed by atoms with E-state index in [1.807, 2.05) is 64.5 Å². The van der Waals surface area contributed by atoms with Crippen LogP contribution in [0.1, 0.15) is 5.01 Å². The van der Waals surface area contributed by atoms with E-state index in [1.165, 1.54) is 22.1 Å². The molecule has 0 spiro atoms. The highest BCUT2D eigenvalue weighted by atomic mass is 32.1. The molecular formula is C23H15N5OS. The van der Waals surface area contributed by atoms with Gasteiger partial charge in [-0.25, -0.2) is 14.6 Å². The van der Waals surface area contributed by atoms with Crippen molar-refractivity contribution >= 4 is 22.4 Å². The molecule has 0 aliphatic rings. The zero-order valence-electron chi connectivity index (χ0n) is 15.8. The molecule has 0 unspecified atom stereocenters. The van der Waals surface area contributed by atoms with E-state index in [-0.39, 0.29) is 12.1 Å². The van der Waals surface area contributed by atoms with Crippen LogP contribution in [0, 0.1) is 11.8 Å². The predicted octanol–water partition coefficient (Wildman–Crippen LogP) is 3.76. The zero-order chi connectivity index (χ0) is 20.3. The van der Waals surface area contributed by atoms with Gasteiger partial charge in [0, 0.05) is 23.2 Å². The van der Waals surface area contributed by atoms with Crippen molar-refractivity contribution in [1.82, 2.24) is 24.3 Å². The molecule has 0 fully saturated rings. The van der Waals surface area contributed by atoms with Crippen LogP contribution in [-0.2, 0) is 6.54 Å². The van der Waals surface area contributed by atoms with Gasteiger partial charge in [0.2, 0.25) is 0 Å². The molecule has 30 heavy (non-hydrogen) atoms. The summed E-state index contributed by atoms with van der Waals surface area (Å²) in [7, 11) is 0. The van der Waals surface area contributed by atoms with Gasteiger partial charge in [0.1, 0.15) is 12.4 Å². The molecule has 0 saturated carbocycles. The molecule has 5 rings (SSSR count). The van der Waals surface area contributed by atoms with Gasteiger partial charge in [-0.2, -0.15) is 5.10 Å². The third kappa shape index (κ3) is 3.41. The maximum atomic E-state index is 12.3. The smallest absolute Gasteiger partial charge is 0.267 e. The summed E-state index contributed by atoms with van der Waals surface area (Å²) in [6.07, 6.45) is 1.70. The van der Waals surface area contributed by atoms with Crippen molar-refractivity contribution in [3.8, 4) is 29.0 Å². The number of fused-ring (bicyclic) bond motifs is 1. The molecule has 6 nitrogen and oxygen atoms in total. The van der Waals surface area contributed by atoms with E-state index in [0.717, 1.165) is 22.4 Å². The molecule has 0 saturated heterocycles. The summed E-state index contributed by atoms with van der Waals surface area (Å²) < 4.78 is 3.33. The third-order valence-corrected chi connectivity index (χ3v) is 5.22. The zero-order valence-corrected chi connectivity index (χ0v) is 16.6. The Morgan fingerprint density at radius 2 is 1.80 bits per heavy atom. The second-order valence-corrected chi connectivity index (χ2v) is 7.35. The van der Waals surface area contributed by atoms with E-state index in [1.54, 1.807) is 12.3 Å². The number of rotatable bonds is 3. The minimum atomic E-state index is -0.210. The lowest BCUT2D eigenvalue weighted by molar-refractivity contribution is 0.651. The van der Waals surface area contributed by atoms with Gasteiger partial charge in [0.25, 0.3) is 5.56 Å². The molecule has 5 aromatic rings. The highest BCUT2D eigenvalue weighted by Crippen LogP contribution is 2.27. The average molecular weight is 409 g/mol. The fourth-order valence-electron chi connectivity index (χ4n) is 3.18. The monoisotopic (exact) mass is 409 g/mol. The van der Waals surface area contributed by atoms with Crippen molar-refractivity contribution in [2.75, 3.05) is 0 Å². The number of hydrogen-bond acceptors (Lipinski definition) is 5. The Morgan fingerprint density at radius 3 is 2.63 bits per heavy atom. The second kappa shape index (κ2) is 7.78. The highest BCUT2D eigenvalue weighted by molar-refractivity contribution is 7.10. The number of imidazole rings is 1. The summed E-state index contributed by atoms with van der Waals surface area (Å²) in [6, 6.07) is 21.0. The normalized spacial score (nSPS) is 10.7. The fourth-order valence-corrected chi connectivity index (χ4v) is 3.69. The first-order chi connectivity index (χ1) is 14.8. The first-order valence-corrected chi connectivity index (χ1v) is 10.2. The average Bonchev–Trinajstić information content (AvgIpc) is 3.43. The molecule has 3 aromatic heterocycles. The number of hydrogen-bond donors (Lipinski definition) is 0. The molecule has 0 bridgehead atoms. The van der Waals surface area contributed by atoms with Crippen LogP contribution in [0.5, 0.6) is 0 Å². The van der Waals surface area contributed by atoms with Gasteiger partial charge in [-0.15, -0.1) is 11.3 Å². The minimum Gasteiger partial charge on any atom is -0.275 e. The van der Waals surface area contributed by atoms with Crippen LogP contribution in [0.4, 0.5) is 0 Å². The van der Waals surface area contributed by atoms with Gasteiger partial charge >= 0.3 is 0 Å². The molecule has 0 radical (unpaired) electrons. The fraction of sp³-hybridized carbons (Fsp3) is 0.0435. The van der Waals surface area contributed by atoms with Gasteiger partial charge in [-0.1, -0.05) is 48.4 Å². The first-order valence-electron chi connectivity index (χ1n) is 9.29. The Morgan fingerprint density at radius 1 is 0.967 bits per heavy atom. The van der Waals surface area contributed by atoms with Crippen LogP contribution in [0.15, 0.2) is 83.1 Å². The van der Waals surface area contributed by atoms with E-state index < -0.39 is 0 Å². The Hall–Kier alpha value is -4.02. The van der Waals surface area contributed by atoms with E-state index in [4.69, 9.17) is 4.98 Å². The number of benzene rings is 2. The Bertz CT molecular complexity index is 1440. The maximum Gasteiger partial charge on any atom is 0.267 e. The number of thiazole rings is 1. The van der Waals surface area contributed by atoms with Crippen molar-refractivity contribution in [2.45, 2.75) is 6.54 Å². The van der Waals surface area contributed by atoms with Crippen molar-refractivity contribution in [3.63, 3.8) is 0 Å². The molecule has 0 atom stereocenters. The van der Waals surface area contributed by atoms with Crippen LogP contribution in [0.2, 0.25) is 0 Å². The van der Waals surface area contributed by atoms with E-state index in [9.17, 15) is 4.79 Å². The first kappa shape index (κ1) is 18.0. The topological polar surface area (TPSA) is 65.6 Å². The summed E-state index contributed by atoms with van der Waals surface area (Å²) in [5.41, 5.74) is 2.54. The summed E-state index contributed by atoms with van der Waals surface area (Å²) in [6.45, 7) is 0.180. The minimum absolute atomic E-state index is 0.180. The highest BCUT2D eigenvalue weighted by Gasteiger charge is 2.15. The number of para-hydroxylation sites is 2. The molecule has 3 heterocycles. The summed E-state index contributed by atoms with van der Waals surface area (Å²) in [4.78, 5) is 21.3. The SMILES string of the molecule is O=c1ccc(-n2c(-c3ccccc3)nc3ccccc32)nn1CC#Cc1nccs1. The lowest BCUT2D eigenvalue weighted by atomic mass is 10.2. The predicted molar refractivity (Wildman–Crippen MR) is 118 cm³/mol. The lowest BCUT2D eigenvalue weighted by Gasteiger charge is -2.10. The molecule has 144 valence electrons. The Kier molecular flexibility index (Phi) is 4.68. The van der Waals surface area contributed by atoms with Crippen molar-refractivity contribution in [1.29, 1.82) is 0 Å². The standard InChI is InChI=1S/C23H15N5OS/c29-22-13-12-20(26-27(22)15-6-11-21-24-14-16-30-21)28-19-10-5-4-9-18(19)25-23(28)17-7-2-1-3-8-17/h1-5,7-10,12-14,16H,15H2. The lowest BCUT2D eigenvalue weighted by Crippen LogP contribution is -2.23. The third-order valence-electron chi connectivity index (χ3n) is 4.53. The molecule has 7 heteroatoms. The van der Waals surface area contributed by atoms with Gasteiger partial charge in [0.15, 0.2) is 10.8 Å². The number of aromatic nitrogens is 5. The molecule has 0 aliphatic heterocycles. The molecule has 0 amide bonds. The quantitative estimate of drug-likeness (QED) is 0.426.